The first-order valence-electron chi connectivity index (χ1n) is 8.36. The number of nitrogens with one attached hydrogen (secondary N) is 1. The summed E-state index contributed by atoms with van der Waals surface area (Å²) >= 11 is 0. The lowest BCUT2D eigenvalue weighted by Crippen LogP contribution is -2.49. The van der Waals surface area contributed by atoms with Crippen LogP contribution in [-0.2, 0) is 0 Å². The highest BCUT2D eigenvalue weighted by atomic mass is 19.3. The highest BCUT2D eigenvalue weighted by Gasteiger charge is 2.42. The van der Waals surface area contributed by atoms with E-state index in [1.807, 2.05) is 4.90 Å². The molecule has 2 aliphatic rings. The number of H-pyrrole nitrogens is 1. The van der Waals surface area contributed by atoms with Crippen molar-refractivity contribution in [3.8, 4) is 0 Å². The maximum absolute atomic E-state index is 13.2. The minimum atomic E-state index is -2.62. The van der Waals surface area contributed by atoms with E-state index in [2.05, 4.69) is 9.97 Å². The molecule has 1 amide bonds. The molecular formula is C16H22F2N4O3. The average molecular weight is 356 g/mol. The van der Waals surface area contributed by atoms with Crippen molar-refractivity contribution in [2.24, 2.45) is 0 Å². The number of hydrogen-bond acceptors (Lipinski definition) is 5. The van der Waals surface area contributed by atoms with E-state index < -0.39 is 23.1 Å². The van der Waals surface area contributed by atoms with Gasteiger partial charge in [0.15, 0.2) is 0 Å². The highest BCUT2D eigenvalue weighted by molar-refractivity contribution is 5.92. The fourth-order valence-corrected chi connectivity index (χ4v) is 3.46. The standard InChI is InChI=1S/C16H22F2N4O3/c1-11-8-12(20-14(24)19-11)13(23)22-7-2-15(25,10-22)9-21-5-3-16(17,18)4-6-21/h8,25H,2-7,9-10H2,1H3,(H,19,20,24)/t15-/m1/s1. The molecule has 0 radical (unpaired) electrons. The molecule has 0 spiro atoms. The Morgan fingerprint density at radius 2 is 2.00 bits per heavy atom. The van der Waals surface area contributed by atoms with Gasteiger partial charge in [0.1, 0.15) is 5.69 Å². The Hall–Kier alpha value is -1.87. The van der Waals surface area contributed by atoms with Crippen LogP contribution in [0.5, 0.6) is 0 Å². The molecule has 0 saturated carbocycles. The van der Waals surface area contributed by atoms with Crippen molar-refractivity contribution in [2.75, 3.05) is 32.7 Å². The molecular weight excluding hydrogens is 334 g/mol. The number of nitrogens with zero attached hydrogens (tertiary/aromatic N) is 3. The van der Waals surface area contributed by atoms with E-state index in [-0.39, 0.29) is 44.7 Å². The van der Waals surface area contributed by atoms with E-state index in [0.29, 0.717) is 18.7 Å². The largest absolute Gasteiger partial charge is 0.387 e. The Kier molecular flexibility index (Phi) is 4.63. The van der Waals surface area contributed by atoms with Gasteiger partial charge >= 0.3 is 5.69 Å². The van der Waals surface area contributed by atoms with Gasteiger partial charge in [-0.1, -0.05) is 0 Å². The molecule has 138 valence electrons. The number of likely N-dealkylation sites (tertiary alicyclic amines) is 2. The summed E-state index contributed by atoms with van der Waals surface area (Å²) in [5.74, 6) is -3.03. The van der Waals surface area contributed by atoms with Crippen molar-refractivity contribution in [1.29, 1.82) is 0 Å². The van der Waals surface area contributed by atoms with Crippen molar-refractivity contribution >= 4 is 5.91 Å². The summed E-state index contributed by atoms with van der Waals surface area (Å²) in [6.07, 6.45) is -0.0444. The van der Waals surface area contributed by atoms with Gasteiger partial charge in [0.2, 0.25) is 0 Å². The lowest BCUT2D eigenvalue weighted by molar-refractivity contribution is -0.0720. The fourth-order valence-electron chi connectivity index (χ4n) is 3.46. The van der Waals surface area contributed by atoms with Crippen LogP contribution in [0.15, 0.2) is 10.9 Å². The molecule has 2 aliphatic heterocycles. The normalized spacial score (nSPS) is 26.8. The topological polar surface area (TPSA) is 89.5 Å². The number of carbonyl (C=O) groups excluding carboxylic acids is 1. The number of piperidine rings is 1. The molecule has 25 heavy (non-hydrogen) atoms. The third-order valence-corrected chi connectivity index (χ3v) is 4.82. The smallest absolute Gasteiger partial charge is 0.345 e. The Balaban J connectivity index is 1.62. The number of aryl methyl sites for hydroxylation is 1. The minimum Gasteiger partial charge on any atom is -0.387 e. The Bertz CT molecular complexity index is 714. The number of hydrogen-bond donors (Lipinski definition) is 2. The number of aromatic nitrogens is 2. The van der Waals surface area contributed by atoms with Crippen LogP contribution in [0.2, 0.25) is 0 Å². The zero-order valence-corrected chi connectivity index (χ0v) is 14.1. The third kappa shape index (κ3) is 4.21. The Morgan fingerprint density at radius 1 is 1.32 bits per heavy atom. The second kappa shape index (κ2) is 6.45. The fraction of sp³-hybridized carbons (Fsp3) is 0.688. The first kappa shape index (κ1) is 17.9. The van der Waals surface area contributed by atoms with Gasteiger partial charge < -0.3 is 15.0 Å². The Labute approximate surface area is 143 Å². The van der Waals surface area contributed by atoms with Gasteiger partial charge in [0.25, 0.3) is 11.8 Å². The summed E-state index contributed by atoms with van der Waals surface area (Å²) in [5.41, 5.74) is -1.14. The first-order chi connectivity index (χ1) is 11.7. The number of β-amino-alcohol motifs (C(OH)–C–C–N with tert-alkyl or cyclic N) is 1. The summed E-state index contributed by atoms with van der Waals surface area (Å²) in [6.45, 7) is 2.83. The average Bonchev–Trinajstić information content (AvgIpc) is 2.90. The molecule has 0 unspecified atom stereocenters. The van der Waals surface area contributed by atoms with Crippen LogP contribution in [-0.4, -0.2) is 75.0 Å². The van der Waals surface area contributed by atoms with Crippen LogP contribution >= 0.6 is 0 Å². The van der Waals surface area contributed by atoms with Crippen molar-refractivity contribution in [3.63, 3.8) is 0 Å². The van der Waals surface area contributed by atoms with Crippen molar-refractivity contribution in [2.45, 2.75) is 37.7 Å². The van der Waals surface area contributed by atoms with Gasteiger partial charge in [-0.05, 0) is 19.4 Å². The molecule has 3 heterocycles. The van der Waals surface area contributed by atoms with E-state index in [1.54, 1.807) is 6.92 Å². The SMILES string of the molecule is Cc1cc(C(=O)N2CC[C@@](O)(CN3CCC(F)(F)CC3)C2)nc(=O)[nH]1. The summed E-state index contributed by atoms with van der Waals surface area (Å²) in [4.78, 5) is 33.4. The predicted molar refractivity (Wildman–Crippen MR) is 85.7 cm³/mol. The third-order valence-electron chi connectivity index (χ3n) is 4.82. The molecule has 2 N–H and O–H groups in total. The van der Waals surface area contributed by atoms with Crippen LogP contribution in [0.3, 0.4) is 0 Å². The predicted octanol–water partition coefficient (Wildman–Crippen LogP) is 0.386. The minimum absolute atomic E-state index is 0.0446. The molecule has 1 aromatic rings. The molecule has 0 bridgehead atoms. The van der Waals surface area contributed by atoms with Gasteiger partial charge in [0, 0.05) is 44.7 Å². The molecule has 1 atom stereocenters. The molecule has 0 aliphatic carbocycles. The second-order valence-corrected chi connectivity index (χ2v) is 7.09. The van der Waals surface area contributed by atoms with Gasteiger partial charge in [-0.3, -0.25) is 9.69 Å². The zero-order chi connectivity index (χ0) is 18.2. The summed E-state index contributed by atoms with van der Waals surface area (Å²) in [7, 11) is 0. The second-order valence-electron chi connectivity index (χ2n) is 7.09. The van der Waals surface area contributed by atoms with E-state index in [0.717, 1.165) is 0 Å². The number of alkyl halides is 2. The van der Waals surface area contributed by atoms with Crippen LogP contribution in [0.4, 0.5) is 8.78 Å². The van der Waals surface area contributed by atoms with Crippen LogP contribution in [0.25, 0.3) is 0 Å². The van der Waals surface area contributed by atoms with E-state index in [1.165, 1.54) is 11.0 Å². The van der Waals surface area contributed by atoms with Crippen molar-refractivity contribution < 1.29 is 18.7 Å². The first-order valence-corrected chi connectivity index (χ1v) is 8.36. The lowest BCUT2D eigenvalue weighted by Gasteiger charge is -2.36. The number of rotatable bonds is 3. The number of aromatic amines is 1. The lowest BCUT2D eigenvalue weighted by atomic mass is 10.00. The van der Waals surface area contributed by atoms with Gasteiger partial charge in [-0.2, -0.15) is 4.98 Å². The zero-order valence-electron chi connectivity index (χ0n) is 14.1. The molecule has 2 fully saturated rings. The maximum atomic E-state index is 13.2. The quantitative estimate of drug-likeness (QED) is 0.818. The van der Waals surface area contributed by atoms with Crippen LogP contribution in [0, 0.1) is 6.92 Å². The molecule has 7 nitrogen and oxygen atoms in total. The van der Waals surface area contributed by atoms with Crippen LogP contribution < -0.4 is 5.69 Å². The van der Waals surface area contributed by atoms with Gasteiger partial charge in [-0.25, -0.2) is 13.6 Å². The maximum Gasteiger partial charge on any atom is 0.345 e. The van der Waals surface area contributed by atoms with E-state index >= 15 is 0 Å². The van der Waals surface area contributed by atoms with Gasteiger partial charge in [-0.15, -0.1) is 0 Å². The molecule has 3 rings (SSSR count). The summed E-state index contributed by atoms with van der Waals surface area (Å²) < 4.78 is 26.5. The highest BCUT2D eigenvalue weighted by Crippen LogP contribution is 2.30. The van der Waals surface area contributed by atoms with E-state index in [4.69, 9.17) is 0 Å². The summed E-state index contributed by atoms with van der Waals surface area (Å²) in [5, 5.41) is 10.7. The monoisotopic (exact) mass is 356 g/mol. The number of carbonyl (C=O) groups is 1. The summed E-state index contributed by atoms with van der Waals surface area (Å²) in [6, 6.07) is 1.49. The molecule has 0 aromatic carbocycles. The van der Waals surface area contributed by atoms with Gasteiger partial charge in [0.05, 0.1) is 12.1 Å². The van der Waals surface area contributed by atoms with Crippen molar-refractivity contribution in [3.05, 3.63) is 27.9 Å². The Morgan fingerprint density at radius 3 is 2.64 bits per heavy atom. The molecule has 9 heteroatoms. The number of halogens is 2. The van der Waals surface area contributed by atoms with Crippen molar-refractivity contribution in [1.82, 2.24) is 19.8 Å². The number of aliphatic hydroxyl groups is 1. The molecule has 2 saturated heterocycles. The number of amides is 1. The van der Waals surface area contributed by atoms with E-state index in [9.17, 15) is 23.5 Å². The molecule has 1 aromatic heterocycles. The van der Waals surface area contributed by atoms with Crippen LogP contribution in [0.1, 0.15) is 35.4 Å².